The fourth-order valence-corrected chi connectivity index (χ4v) is 2.41. The van der Waals surface area contributed by atoms with Crippen LogP contribution < -0.4 is 10.6 Å². The molecule has 7 heteroatoms. The van der Waals surface area contributed by atoms with Gasteiger partial charge in [-0.2, -0.15) is 0 Å². The maximum Gasteiger partial charge on any atom is 0.293 e. The van der Waals surface area contributed by atoms with Gasteiger partial charge in [-0.25, -0.2) is 0 Å². The van der Waals surface area contributed by atoms with Gasteiger partial charge in [0.25, 0.3) is 11.6 Å². The Morgan fingerprint density at radius 3 is 2.43 bits per heavy atom. The molecule has 0 aliphatic rings. The van der Waals surface area contributed by atoms with Crippen LogP contribution in [0, 0.1) is 10.1 Å². The number of nitrogens with zero attached hydrogens (tertiary/aromatic N) is 1. The SMILES string of the molecule is CNc1ccc(C(=O)NC(C)c2ccc(Br)cc2)cc1[N+](=O)[O-]. The van der Waals surface area contributed by atoms with Crippen molar-refractivity contribution in [1.29, 1.82) is 0 Å². The topological polar surface area (TPSA) is 84.3 Å². The van der Waals surface area contributed by atoms with Gasteiger partial charge >= 0.3 is 0 Å². The van der Waals surface area contributed by atoms with Crippen molar-refractivity contribution in [3.05, 3.63) is 68.2 Å². The van der Waals surface area contributed by atoms with Crippen molar-refractivity contribution in [2.24, 2.45) is 0 Å². The van der Waals surface area contributed by atoms with Crippen LogP contribution in [-0.2, 0) is 0 Å². The lowest BCUT2D eigenvalue weighted by molar-refractivity contribution is -0.384. The number of anilines is 1. The summed E-state index contributed by atoms with van der Waals surface area (Å²) in [5.74, 6) is -0.355. The Bertz CT molecular complexity index is 732. The smallest absolute Gasteiger partial charge is 0.293 e. The number of hydrogen-bond donors (Lipinski definition) is 2. The quantitative estimate of drug-likeness (QED) is 0.611. The van der Waals surface area contributed by atoms with Crippen molar-refractivity contribution in [3.8, 4) is 0 Å². The molecule has 1 unspecified atom stereocenters. The van der Waals surface area contributed by atoms with Gasteiger partial charge in [-0.15, -0.1) is 0 Å². The fraction of sp³-hybridized carbons (Fsp3) is 0.188. The normalized spacial score (nSPS) is 11.6. The molecular formula is C16H16BrN3O3. The Balaban J connectivity index is 2.18. The summed E-state index contributed by atoms with van der Waals surface area (Å²) in [4.78, 5) is 22.9. The Morgan fingerprint density at radius 2 is 1.87 bits per heavy atom. The predicted molar refractivity (Wildman–Crippen MR) is 92.7 cm³/mol. The van der Waals surface area contributed by atoms with Crippen molar-refractivity contribution < 1.29 is 9.72 Å². The molecule has 0 aromatic heterocycles. The van der Waals surface area contributed by atoms with Gasteiger partial charge in [0.2, 0.25) is 0 Å². The molecule has 0 aliphatic heterocycles. The highest BCUT2D eigenvalue weighted by atomic mass is 79.9. The first-order valence-electron chi connectivity index (χ1n) is 6.95. The summed E-state index contributed by atoms with van der Waals surface area (Å²) in [5, 5.41) is 16.6. The van der Waals surface area contributed by atoms with Gasteiger partial charge in [0.05, 0.1) is 11.0 Å². The molecule has 0 saturated carbocycles. The molecular weight excluding hydrogens is 362 g/mol. The van der Waals surface area contributed by atoms with Gasteiger partial charge in [-0.05, 0) is 36.8 Å². The van der Waals surface area contributed by atoms with Crippen LogP contribution in [0.4, 0.5) is 11.4 Å². The molecule has 23 heavy (non-hydrogen) atoms. The van der Waals surface area contributed by atoms with E-state index in [0.29, 0.717) is 5.69 Å². The van der Waals surface area contributed by atoms with Gasteiger partial charge in [0.15, 0.2) is 0 Å². The third-order valence-corrected chi connectivity index (χ3v) is 3.97. The number of rotatable bonds is 5. The van der Waals surface area contributed by atoms with Crippen LogP contribution in [0.25, 0.3) is 0 Å². The zero-order valence-corrected chi connectivity index (χ0v) is 14.3. The summed E-state index contributed by atoms with van der Waals surface area (Å²) in [6.07, 6.45) is 0. The Hall–Kier alpha value is -2.41. The third-order valence-electron chi connectivity index (χ3n) is 3.44. The van der Waals surface area contributed by atoms with Crippen LogP contribution in [0.5, 0.6) is 0 Å². The van der Waals surface area contributed by atoms with Crippen molar-refractivity contribution >= 4 is 33.2 Å². The monoisotopic (exact) mass is 377 g/mol. The Labute approximate surface area is 142 Å². The molecule has 1 amide bonds. The molecule has 0 bridgehead atoms. The van der Waals surface area contributed by atoms with E-state index in [9.17, 15) is 14.9 Å². The van der Waals surface area contributed by atoms with Gasteiger partial charge in [0.1, 0.15) is 5.69 Å². The van der Waals surface area contributed by atoms with Crippen LogP contribution in [0.1, 0.15) is 28.9 Å². The molecule has 2 aromatic rings. The largest absolute Gasteiger partial charge is 0.383 e. The summed E-state index contributed by atoms with van der Waals surface area (Å²) in [5.41, 5.74) is 1.44. The number of amides is 1. The average Bonchev–Trinajstić information content (AvgIpc) is 2.54. The first-order chi connectivity index (χ1) is 10.9. The average molecular weight is 378 g/mol. The molecule has 2 rings (SSSR count). The number of nitro groups is 1. The maximum absolute atomic E-state index is 12.3. The second kappa shape index (κ2) is 7.23. The minimum atomic E-state index is -0.513. The number of carbonyl (C=O) groups excluding carboxylic acids is 1. The highest BCUT2D eigenvalue weighted by molar-refractivity contribution is 9.10. The van der Waals surface area contributed by atoms with E-state index in [1.165, 1.54) is 12.1 Å². The van der Waals surface area contributed by atoms with Crippen LogP contribution in [0.15, 0.2) is 46.9 Å². The van der Waals surface area contributed by atoms with Gasteiger partial charge < -0.3 is 10.6 Å². The molecule has 6 nitrogen and oxygen atoms in total. The van der Waals surface area contributed by atoms with Crippen LogP contribution in [0.3, 0.4) is 0 Å². The molecule has 1 atom stereocenters. The van der Waals surface area contributed by atoms with Crippen molar-refractivity contribution in [3.63, 3.8) is 0 Å². The molecule has 2 N–H and O–H groups in total. The molecule has 120 valence electrons. The first-order valence-corrected chi connectivity index (χ1v) is 7.74. The first kappa shape index (κ1) is 17.0. The molecule has 0 spiro atoms. The molecule has 0 aliphatic carbocycles. The van der Waals surface area contributed by atoms with E-state index < -0.39 is 4.92 Å². The Kier molecular flexibility index (Phi) is 5.33. The number of benzene rings is 2. The highest BCUT2D eigenvalue weighted by Gasteiger charge is 2.18. The van der Waals surface area contributed by atoms with Gasteiger partial charge in [-0.1, -0.05) is 28.1 Å². The van der Waals surface area contributed by atoms with Gasteiger partial charge in [-0.3, -0.25) is 14.9 Å². The summed E-state index contributed by atoms with van der Waals surface area (Å²) < 4.78 is 0.957. The van der Waals surface area contributed by atoms with Crippen molar-refractivity contribution in [1.82, 2.24) is 5.32 Å². The van der Waals surface area contributed by atoms with E-state index in [1.54, 1.807) is 13.1 Å². The van der Waals surface area contributed by atoms with E-state index in [0.717, 1.165) is 10.0 Å². The third kappa shape index (κ3) is 4.07. The maximum atomic E-state index is 12.3. The molecule has 2 aromatic carbocycles. The zero-order chi connectivity index (χ0) is 17.0. The number of carbonyl (C=O) groups is 1. The number of hydrogen-bond acceptors (Lipinski definition) is 4. The van der Waals surface area contributed by atoms with E-state index in [1.807, 2.05) is 31.2 Å². The molecule has 0 heterocycles. The second-order valence-electron chi connectivity index (χ2n) is 4.99. The van der Waals surface area contributed by atoms with Gasteiger partial charge in [0, 0.05) is 23.2 Å². The lowest BCUT2D eigenvalue weighted by atomic mass is 10.1. The lowest BCUT2D eigenvalue weighted by Crippen LogP contribution is -2.26. The molecule has 0 radical (unpaired) electrons. The summed E-state index contributed by atoms with van der Waals surface area (Å²) >= 11 is 3.36. The van der Waals surface area contributed by atoms with E-state index in [2.05, 4.69) is 26.6 Å². The van der Waals surface area contributed by atoms with E-state index in [4.69, 9.17) is 0 Å². The summed E-state index contributed by atoms with van der Waals surface area (Å²) in [6, 6.07) is 11.7. The minimum absolute atomic E-state index is 0.128. The predicted octanol–water partition coefficient (Wildman–Crippen LogP) is 3.89. The Morgan fingerprint density at radius 1 is 1.22 bits per heavy atom. The van der Waals surface area contributed by atoms with Crippen LogP contribution in [0.2, 0.25) is 0 Å². The highest BCUT2D eigenvalue weighted by Crippen LogP contribution is 2.25. The summed E-state index contributed by atoms with van der Waals surface area (Å²) in [6.45, 7) is 1.86. The summed E-state index contributed by atoms with van der Waals surface area (Å²) in [7, 11) is 1.59. The van der Waals surface area contributed by atoms with E-state index >= 15 is 0 Å². The van der Waals surface area contributed by atoms with Crippen LogP contribution >= 0.6 is 15.9 Å². The fourth-order valence-electron chi connectivity index (χ4n) is 2.15. The number of nitrogens with one attached hydrogen (secondary N) is 2. The van der Waals surface area contributed by atoms with E-state index in [-0.39, 0.29) is 23.2 Å². The molecule has 0 fully saturated rings. The minimum Gasteiger partial charge on any atom is -0.383 e. The van der Waals surface area contributed by atoms with Crippen molar-refractivity contribution in [2.45, 2.75) is 13.0 Å². The van der Waals surface area contributed by atoms with Crippen molar-refractivity contribution in [2.75, 3.05) is 12.4 Å². The lowest BCUT2D eigenvalue weighted by Gasteiger charge is -2.15. The number of nitro benzene ring substituents is 1. The second-order valence-corrected chi connectivity index (χ2v) is 5.90. The van der Waals surface area contributed by atoms with Crippen LogP contribution in [-0.4, -0.2) is 17.9 Å². The number of halogens is 1. The standard InChI is InChI=1S/C16H16BrN3O3/c1-10(11-3-6-13(17)7-4-11)19-16(21)12-5-8-14(18-2)15(9-12)20(22)23/h3-10,18H,1-2H3,(H,19,21). The molecule has 0 saturated heterocycles. The zero-order valence-electron chi connectivity index (χ0n) is 12.7.